The summed E-state index contributed by atoms with van der Waals surface area (Å²) in [6, 6.07) is 5.98. The van der Waals surface area contributed by atoms with Crippen molar-refractivity contribution in [3.8, 4) is 11.5 Å². The van der Waals surface area contributed by atoms with E-state index in [-0.39, 0.29) is 22.3 Å². The van der Waals surface area contributed by atoms with E-state index in [2.05, 4.69) is 0 Å². The Kier molecular flexibility index (Phi) is 7.05. The number of alkyl halides is 1. The topological polar surface area (TPSA) is 194 Å². The minimum Gasteiger partial charge on any atom is -0.507 e. The largest absolute Gasteiger partial charge is 0.507 e. The summed E-state index contributed by atoms with van der Waals surface area (Å²) in [4.78, 5) is 26.7. The van der Waals surface area contributed by atoms with Gasteiger partial charge in [0.1, 0.15) is 23.7 Å². The number of ketones is 2. The first-order chi connectivity index (χ1) is 17.9. The lowest BCUT2D eigenvalue weighted by Gasteiger charge is -2.45. The van der Waals surface area contributed by atoms with Crippen LogP contribution in [0.25, 0.3) is 0 Å². The van der Waals surface area contributed by atoms with Crippen molar-refractivity contribution in [2.45, 2.75) is 66.1 Å². The lowest BCUT2D eigenvalue weighted by molar-refractivity contribution is -0.262. The summed E-state index contributed by atoms with van der Waals surface area (Å²) in [6.45, 7) is 0.687. The predicted octanol–water partition coefficient (Wildman–Crippen LogP) is 0.232. The fraction of sp³-hybridized carbons (Fsp3) is 0.462. The van der Waals surface area contributed by atoms with Gasteiger partial charge in [0, 0.05) is 35.1 Å². The highest BCUT2D eigenvalue weighted by Crippen LogP contribution is 2.52. The average molecular weight is 642 g/mol. The van der Waals surface area contributed by atoms with Gasteiger partial charge in [-0.2, -0.15) is 0 Å². The maximum atomic E-state index is 13.4. The predicted molar refractivity (Wildman–Crippen MR) is 137 cm³/mol. The fourth-order valence-corrected chi connectivity index (χ4v) is 6.28. The third kappa shape index (κ3) is 4.05. The van der Waals surface area contributed by atoms with Crippen molar-refractivity contribution in [3.63, 3.8) is 0 Å². The number of carbonyl (C=O) groups is 2. The molecule has 11 nitrogen and oxygen atoms in total. The molecule has 38 heavy (non-hydrogen) atoms. The van der Waals surface area contributed by atoms with E-state index in [0.717, 1.165) is 0 Å². The Hall–Kier alpha value is -2.17. The number of hydrogen-bond acceptors (Lipinski definition) is 11. The minimum absolute atomic E-state index is 0.0406. The summed E-state index contributed by atoms with van der Waals surface area (Å²) in [5.74, 6) is -2.67. The van der Waals surface area contributed by atoms with E-state index < -0.39 is 100.0 Å². The normalized spacial score (nSPS) is 33.3. The summed E-state index contributed by atoms with van der Waals surface area (Å²) in [6.07, 6.45) is -8.34. The molecule has 0 radical (unpaired) electrons. The smallest absolute Gasteiger partial charge is 0.198 e. The van der Waals surface area contributed by atoms with Gasteiger partial charge in [0.05, 0.1) is 45.6 Å². The van der Waals surface area contributed by atoms with Crippen molar-refractivity contribution < 1.29 is 54.8 Å². The monoisotopic (exact) mass is 642 g/mol. The Balaban J connectivity index is 1.67. The van der Waals surface area contributed by atoms with Gasteiger partial charge in [-0.25, -0.2) is 0 Å². The lowest BCUT2D eigenvalue weighted by atomic mass is 9.71. The SMILES string of the molecule is CC1O[C@@H](OC2C[C@](O)(C(O)CO)Cc3c(O)c4c(c(O)c32)C(=O)c2ccccc2C4=O)C(I)[C@@H](O)[C@H]1O. The van der Waals surface area contributed by atoms with Gasteiger partial charge in [0.15, 0.2) is 17.9 Å². The first-order valence-electron chi connectivity index (χ1n) is 12.0. The summed E-state index contributed by atoms with van der Waals surface area (Å²) in [7, 11) is 0. The minimum atomic E-state index is -2.07. The molecule has 2 aromatic carbocycles. The number of fused-ring (bicyclic) bond motifs is 3. The number of rotatable bonds is 4. The van der Waals surface area contributed by atoms with Gasteiger partial charge in [-0.3, -0.25) is 9.59 Å². The number of aliphatic hydroxyl groups is 5. The third-order valence-corrected chi connectivity index (χ3v) is 8.99. The number of hydrogen-bond donors (Lipinski definition) is 7. The summed E-state index contributed by atoms with van der Waals surface area (Å²) in [5.41, 5.74) is -3.04. The molecule has 4 unspecified atom stereocenters. The van der Waals surface area contributed by atoms with E-state index in [1.165, 1.54) is 19.1 Å². The van der Waals surface area contributed by atoms with E-state index in [9.17, 15) is 45.3 Å². The van der Waals surface area contributed by atoms with Crippen LogP contribution in [0.1, 0.15) is 62.4 Å². The van der Waals surface area contributed by atoms with Crippen LogP contribution in [0.5, 0.6) is 11.5 Å². The van der Waals surface area contributed by atoms with Gasteiger partial charge in [0.25, 0.3) is 0 Å². The number of halogens is 1. The molecular weight excluding hydrogens is 615 g/mol. The molecule has 1 aliphatic heterocycles. The van der Waals surface area contributed by atoms with Crippen molar-refractivity contribution in [1.82, 2.24) is 0 Å². The summed E-state index contributed by atoms with van der Waals surface area (Å²) < 4.78 is 11.0. The van der Waals surface area contributed by atoms with Gasteiger partial charge in [-0.05, 0) is 6.92 Å². The number of carbonyl (C=O) groups excluding carboxylic acids is 2. The standard InChI is InChI=1S/C26H27IO11/c1-9-19(30)24(35)18(27)25(37-9)38-13-7-26(36,14(29)8-28)6-12-15(13)23(34)17-16(22(12)33)20(31)10-4-2-3-5-11(10)21(17)32/h2-5,9,13-14,18-19,24-25,28-30,33-36H,6-8H2,1H3/t9?,13?,14?,18?,19-,24+,25-,26-/m0/s1. The molecular formula is C26H27IO11. The van der Waals surface area contributed by atoms with Crippen LogP contribution in [-0.4, -0.2) is 94.2 Å². The molecule has 3 aliphatic rings. The van der Waals surface area contributed by atoms with Crippen LogP contribution in [0.4, 0.5) is 0 Å². The highest BCUT2D eigenvalue weighted by Gasteiger charge is 2.51. The van der Waals surface area contributed by atoms with Crippen molar-refractivity contribution in [2.24, 2.45) is 0 Å². The zero-order chi connectivity index (χ0) is 27.7. The molecule has 2 aliphatic carbocycles. The number of aliphatic hydroxyl groups excluding tert-OH is 4. The molecule has 1 saturated heterocycles. The van der Waals surface area contributed by atoms with Crippen LogP contribution in [-0.2, 0) is 15.9 Å². The lowest BCUT2D eigenvalue weighted by Crippen LogP contribution is -2.56. The second-order valence-corrected chi connectivity index (χ2v) is 11.4. The first kappa shape index (κ1) is 27.4. The number of phenolic OH excluding ortho intramolecular Hbond substituents is 2. The first-order valence-corrected chi connectivity index (χ1v) is 13.3. The zero-order valence-electron chi connectivity index (χ0n) is 20.1. The molecule has 1 fully saturated rings. The highest BCUT2D eigenvalue weighted by molar-refractivity contribution is 14.1. The van der Waals surface area contributed by atoms with Crippen LogP contribution in [0.3, 0.4) is 0 Å². The van der Waals surface area contributed by atoms with E-state index in [1.807, 2.05) is 22.6 Å². The second kappa shape index (κ2) is 9.78. The molecule has 7 N–H and O–H groups in total. The van der Waals surface area contributed by atoms with Gasteiger partial charge in [-0.1, -0.05) is 46.9 Å². The Bertz CT molecular complexity index is 1310. The van der Waals surface area contributed by atoms with Crippen molar-refractivity contribution in [1.29, 1.82) is 0 Å². The van der Waals surface area contributed by atoms with Crippen molar-refractivity contribution in [3.05, 3.63) is 57.6 Å². The molecule has 2 aromatic rings. The quantitative estimate of drug-likeness (QED) is 0.117. The van der Waals surface area contributed by atoms with Crippen LogP contribution < -0.4 is 0 Å². The zero-order valence-corrected chi connectivity index (χ0v) is 22.3. The average Bonchev–Trinajstić information content (AvgIpc) is 2.90. The third-order valence-electron chi connectivity index (χ3n) is 7.66. The maximum absolute atomic E-state index is 13.4. The Morgan fingerprint density at radius 1 is 1.08 bits per heavy atom. The van der Waals surface area contributed by atoms with Gasteiger partial charge in [-0.15, -0.1) is 0 Å². The molecule has 0 aromatic heterocycles. The summed E-state index contributed by atoms with van der Waals surface area (Å²) >= 11 is 1.83. The van der Waals surface area contributed by atoms with Crippen LogP contribution >= 0.6 is 22.6 Å². The van der Waals surface area contributed by atoms with E-state index in [0.29, 0.717) is 0 Å². The molecule has 0 bridgehead atoms. The molecule has 204 valence electrons. The van der Waals surface area contributed by atoms with Gasteiger partial charge in [0.2, 0.25) is 0 Å². The highest BCUT2D eigenvalue weighted by atomic mass is 127. The van der Waals surface area contributed by atoms with Crippen molar-refractivity contribution in [2.75, 3.05) is 6.61 Å². The van der Waals surface area contributed by atoms with Crippen LogP contribution in [0, 0.1) is 0 Å². The molecule has 0 saturated carbocycles. The second-order valence-electron chi connectivity index (χ2n) is 9.99. The number of benzene rings is 2. The van der Waals surface area contributed by atoms with Crippen LogP contribution in [0.15, 0.2) is 24.3 Å². The van der Waals surface area contributed by atoms with Crippen LogP contribution in [0.2, 0.25) is 0 Å². The molecule has 8 atom stereocenters. The number of phenols is 2. The van der Waals surface area contributed by atoms with E-state index in [1.54, 1.807) is 12.1 Å². The molecule has 5 rings (SSSR count). The molecule has 0 amide bonds. The van der Waals surface area contributed by atoms with E-state index >= 15 is 0 Å². The number of aromatic hydroxyl groups is 2. The van der Waals surface area contributed by atoms with Gasteiger partial charge < -0.3 is 45.2 Å². The van der Waals surface area contributed by atoms with Gasteiger partial charge >= 0.3 is 0 Å². The Morgan fingerprint density at radius 3 is 2.24 bits per heavy atom. The summed E-state index contributed by atoms with van der Waals surface area (Å²) in [5, 5.41) is 74.7. The van der Waals surface area contributed by atoms with E-state index in [4.69, 9.17) is 9.47 Å². The number of ether oxygens (including phenoxy) is 2. The fourth-order valence-electron chi connectivity index (χ4n) is 5.51. The molecule has 0 spiro atoms. The maximum Gasteiger partial charge on any atom is 0.198 e. The Morgan fingerprint density at radius 2 is 1.66 bits per heavy atom. The molecule has 1 heterocycles. The van der Waals surface area contributed by atoms with Crippen molar-refractivity contribution >= 4 is 34.2 Å². The molecule has 12 heteroatoms. The Labute approximate surface area is 230 Å².